The van der Waals surface area contributed by atoms with Crippen LogP contribution in [0.1, 0.15) is 41.1 Å². The lowest BCUT2D eigenvalue weighted by Gasteiger charge is -2.29. The van der Waals surface area contributed by atoms with Crippen molar-refractivity contribution in [3.63, 3.8) is 0 Å². The first kappa shape index (κ1) is 14.2. The van der Waals surface area contributed by atoms with Crippen molar-refractivity contribution in [1.29, 1.82) is 0 Å². The van der Waals surface area contributed by atoms with Crippen molar-refractivity contribution in [3.8, 4) is 0 Å². The molecule has 1 aliphatic heterocycles. The summed E-state index contributed by atoms with van der Waals surface area (Å²) in [4.78, 5) is 4.57. The van der Waals surface area contributed by atoms with Gasteiger partial charge in [0.2, 0.25) is 0 Å². The number of nitrogens with zero attached hydrogens (tertiary/aromatic N) is 1. The van der Waals surface area contributed by atoms with Gasteiger partial charge in [0.25, 0.3) is 0 Å². The maximum absolute atomic E-state index is 5.97. The Morgan fingerprint density at radius 3 is 2.95 bits per heavy atom. The number of rotatable bonds is 4. The van der Waals surface area contributed by atoms with Crippen LogP contribution in [0.4, 0.5) is 0 Å². The van der Waals surface area contributed by atoms with E-state index >= 15 is 0 Å². The third kappa shape index (κ3) is 3.13. The molecule has 0 bridgehead atoms. The predicted octanol–water partition coefficient (Wildman–Crippen LogP) is 2.60. The lowest BCUT2D eigenvalue weighted by Crippen LogP contribution is -2.31. The first-order chi connectivity index (χ1) is 10.3. The van der Waals surface area contributed by atoms with E-state index in [-0.39, 0.29) is 12.1 Å². The average Bonchev–Trinajstić information content (AvgIpc) is 2.52. The van der Waals surface area contributed by atoms with E-state index in [1.807, 2.05) is 25.1 Å². The molecule has 0 amide bonds. The summed E-state index contributed by atoms with van der Waals surface area (Å²) in [5.41, 5.74) is 7.49. The number of hydrogen-bond acceptors (Lipinski definition) is 4. The summed E-state index contributed by atoms with van der Waals surface area (Å²) in [5.74, 6) is 5.75. The van der Waals surface area contributed by atoms with Gasteiger partial charge in [0.05, 0.1) is 24.4 Å². The van der Waals surface area contributed by atoms with E-state index in [1.165, 1.54) is 11.1 Å². The predicted molar refractivity (Wildman–Crippen MR) is 82.5 cm³/mol. The highest BCUT2D eigenvalue weighted by atomic mass is 16.5. The SMILES string of the molecule is Cc1cccc(C(CC2OCCc3ccccc32)NN)n1. The number of nitrogens with one attached hydrogen (secondary N) is 1. The van der Waals surface area contributed by atoms with E-state index in [9.17, 15) is 0 Å². The van der Waals surface area contributed by atoms with Crippen LogP contribution in [-0.4, -0.2) is 11.6 Å². The number of pyridine rings is 1. The minimum atomic E-state index is -0.0129. The maximum Gasteiger partial charge on any atom is 0.0847 e. The summed E-state index contributed by atoms with van der Waals surface area (Å²) >= 11 is 0. The largest absolute Gasteiger partial charge is 0.373 e. The van der Waals surface area contributed by atoms with E-state index in [2.05, 4.69) is 34.7 Å². The van der Waals surface area contributed by atoms with E-state index in [0.29, 0.717) is 0 Å². The van der Waals surface area contributed by atoms with E-state index < -0.39 is 0 Å². The molecule has 4 nitrogen and oxygen atoms in total. The number of aryl methyl sites for hydroxylation is 1. The highest BCUT2D eigenvalue weighted by Crippen LogP contribution is 2.33. The molecule has 2 aromatic rings. The summed E-state index contributed by atoms with van der Waals surface area (Å²) < 4.78 is 5.97. The zero-order chi connectivity index (χ0) is 14.7. The summed E-state index contributed by atoms with van der Waals surface area (Å²) in [5, 5.41) is 0. The van der Waals surface area contributed by atoms with Gasteiger partial charge in [0, 0.05) is 12.1 Å². The van der Waals surface area contributed by atoms with Crippen LogP contribution >= 0.6 is 0 Å². The standard InChI is InChI=1S/C17H21N3O/c1-12-5-4-8-15(19-12)16(20-18)11-17-14-7-3-2-6-13(14)9-10-21-17/h2-8,16-17,20H,9-11,18H2,1H3. The Morgan fingerprint density at radius 1 is 1.29 bits per heavy atom. The van der Waals surface area contributed by atoms with Gasteiger partial charge in [0.15, 0.2) is 0 Å². The fourth-order valence-corrected chi connectivity index (χ4v) is 2.92. The zero-order valence-electron chi connectivity index (χ0n) is 12.3. The molecule has 0 fully saturated rings. The van der Waals surface area contributed by atoms with Gasteiger partial charge in [-0.15, -0.1) is 0 Å². The topological polar surface area (TPSA) is 60.2 Å². The molecule has 3 rings (SSSR count). The second-order valence-corrected chi connectivity index (χ2v) is 5.47. The highest BCUT2D eigenvalue weighted by molar-refractivity contribution is 5.31. The molecule has 1 aromatic carbocycles. The molecule has 0 saturated heterocycles. The smallest absolute Gasteiger partial charge is 0.0847 e. The lowest BCUT2D eigenvalue weighted by molar-refractivity contribution is 0.0290. The number of hydrogen-bond donors (Lipinski definition) is 2. The van der Waals surface area contributed by atoms with E-state index in [4.69, 9.17) is 10.6 Å². The van der Waals surface area contributed by atoms with Gasteiger partial charge in [-0.05, 0) is 36.6 Å². The minimum Gasteiger partial charge on any atom is -0.373 e. The van der Waals surface area contributed by atoms with Gasteiger partial charge < -0.3 is 4.74 Å². The average molecular weight is 283 g/mol. The van der Waals surface area contributed by atoms with Crippen molar-refractivity contribution in [2.24, 2.45) is 5.84 Å². The molecular weight excluding hydrogens is 262 g/mol. The fraction of sp³-hybridized carbons (Fsp3) is 0.353. The molecule has 0 spiro atoms. The molecule has 3 N–H and O–H groups in total. The molecule has 2 atom stereocenters. The number of fused-ring (bicyclic) bond motifs is 1. The Kier molecular flexibility index (Phi) is 4.29. The second kappa shape index (κ2) is 6.35. The molecule has 0 radical (unpaired) electrons. The maximum atomic E-state index is 5.97. The number of nitrogens with two attached hydrogens (primary N) is 1. The molecule has 110 valence electrons. The van der Waals surface area contributed by atoms with E-state index in [1.54, 1.807) is 0 Å². The molecule has 21 heavy (non-hydrogen) atoms. The minimum absolute atomic E-state index is 0.0129. The number of aromatic nitrogens is 1. The van der Waals surface area contributed by atoms with Crippen LogP contribution in [0.5, 0.6) is 0 Å². The summed E-state index contributed by atoms with van der Waals surface area (Å²) in [6, 6.07) is 14.5. The number of benzene rings is 1. The number of hydrazine groups is 1. The van der Waals surface area contributed by atoms with Gasteiger partial charge in [-0.1, -0.05) is 30.3 Å². The lowest BCUT2D eigenvalue weighted by atomic mass is 9.93. The number of ether oxygens (including phenoxy) is 1. The molecule has 1 aromatic heterocycles. The van der Waals surface area contributed by atoms with Crippen molar-refractivity contribution in [1.82, 2.24) is 10.4 Å². The molecule has 2 heterocycles. The van der Waals surface area contributed by atoms with Crippen LogP contribution in [0.2, 0.25) is 0 Å². The van der Waals surface area contributed by atoms with E-state index in [0.717, 1.165) is 30.8 Å². The summed E-state index contributed by atoms with van der Waals surface area (Å²) in [6.45, 7) is 2.75. The van der Waals surface area contributed by atoms with Crippen LogP contribution < -0.4 is 11.3 Å². The first-order valence-electron chi connectivity index (χ1n) is 7.37. The van der Waals surface area contributed by atoms with Crippen molar-refractivity contribution < 1.29 is 4.74 Å². The highest BCUT2D eigenvalue weighted by Gasteiger charge is 2.25. The van der Waals surface area contributed by atoms with Crippen LogP contribution in [0.25, 0.3) is 0 Å². The quantitative estimate of drug-likeness (QED) is 0.669. The van der Waals surface area contributed by atoms with Crippen molar-refractivity contribution in [3.05, 3.63) is 65.0 Å². The third-order valence-electron chi connectivity index (χ3n) is 4.01. The zero-order valence-corrected chi connectivity index (χ0v) is 12.3. The van der Waals surface area contributed by atoms with Gasteiger partial charge in [-0.25, -0.2) is 0 Å². The van der Waals surface area contributed by atoms with Crippen molar-refractivity contribution >= 4 is 0 Å². The Hall–Kier alpha value is -1.75. The van der Waals surface area contributed by atoms with Crippen LogP contribution in [0, 0.1) is 6.92 Å². The Labute approximate surface area is 125 Å². The molecule has 4 heteroatoms. The Bertz CT molecular complexity index is 614. The van der Waals surface area contributed by atoms with Crippen LogP contribution in [-0.2, 0) is 11.2 Å². The molecule has 0 saturated carbocycles. The first-order valence-corrected chi connectivity index (χ1v) is 7.37. The third-order valence-corrected chi connectivity index (χ3v) is 4.01. The van der Waals surface area contributed by atoms with Crippen molar-refractivity contribution in [2.75, 3.05) is 6.61 Å². The molecular formula is C17H21N3O. The summed E-state index contributed by atoms with van der Waals surface area (Å²) in [6.07, 6.45) is 1.83. The van der Waals surface area contributed by atoms with Gasteiger partial charge in [0.1, 0.15) is 0 Å². The fourth-order valence-electron chi connectivity index (χ4n) is 2.92. The van der Waals surface area contributed by atoms with Gasteiger partial charge in [-0.2, -0.15) is 0 Å². The van der Waals surface area contributed by atoms with Crippen LogP contribution in [0.15, 0.2) is 42.5 Å². The second-order valence-electron chi connectivity index (χ2n) is 5.47. The normalized spacial score (nSPS) is 19.0. The Balaban J connectivity index is 1.82. The molecule has 2 unspecified atom stereocenters. The van der Waals surface area contributed by atoms with Gasteiger partial charge >= 0.3 is 0 Å². The molecule has 1 aliphatic rings. The summed E-state index contributed by atoms with van der Waals surface area (Å²) in [7, 11) is 0. The van der Waals surface area contributed by atoms with Crippen molar-refractivity contribution in [2.45, 2.75) is 31.9 Å². The van der Waals surface area contributed by atoms with Gasteiger partial charge in [-0.3, -0.25) is 16.3 Å². The Morgan fingerprint density at radius 2 is 2.14 bits per heavy atom. The van der Waals surface area contributed by atoms with Crippen LogP contribution in [0.3, 0.4) is 0 Å². The molecule has 0 aliphatic carbocycles. The monoisotopic (exact) mass is 283 g/mol.